The van der Waals surface area contributed by atoms with Crippen LogP contribution < -0.4 is 21.1 Å². The number of urea groups is 1. The Hall–Kier alpha value is -5.46. The number of ether oxygens (including phenoxy) is 1. The molecule has 2 aromatic heterocycles. The van der Waals surface area contributed by atoms with Gasteiger partial charge in [0.2, 0.25) is 0 Å². The summed E-state index contributed by atoms with van der Waals surface area (Å²) in [7, 11) is 0. The predicted octanol–water partition coefficient (Wildman–Crippen LogP) is 6.32. The second kappa shape index (κ2) is 12.2. The number of aliphatic imine (C=N–C) groups is 1. The molecular weight excluding hydrogens is 542 g/mol. The molecule has 0 aliphatic heterocycles. The second-order valence-corrected chi connectivity index (χ2v) is 8.41. The molecule has 4 rings (SSSR count). The van der Waals surface area contributed by atoms with Crippen LogP contribution in [0.25, 0.3) is 16.8 Å². The van der Waals surface area contributed by atoms with Crippen molar-refractivity contribution < 1.29 is 27.1 Å². The molecule has 0 fully saturated rings. The van der Waals surface area contributed by atoms with Gasteiger partial charge in [0.1, 0.15) is 17.4 Å². The molecule has 4 aromatic rings. The van der Waals surface area contributed by atoms with Crippen LogP contribution in [0.15, 0.2) is 103 Å². The number of hydrogen-bond donors (Lipinski definition) is 3. The Morgan fingerprint density at radius 2 is 1.93 bits per heavy atom. The Labute approximate surface area is 231 Å². The smallest absolute Gasteiger partial charge is 0.416 e. The van der Waals surface area contributed by atoms with E-state index in [-0.39, 0.29) is 28.8 Å². The summed E-state index contributed by atoms with van der Waals surface area (Å²) in [5.41, 5.74) is 6.31. The molecule has 13 heteroatoms. The zero-order valence-electron chi connectivity index (χ0n) is 21.5. The number of alkyl halides is 3. The van der Waals surface area contributed by atoms with Crippen molar-refractivity contribution in [2.24, 2.45) is 4.99 Å². The number of nitrogens with zero attached hydrogens (tertiary/aromatic N) is 4. The van der Waals surface area contributed by atoms with Gasteiger partial charge in [-0.2, -0.15) is 18.3 Å². The van der Waals surface area contributed by atoms with E-state index in [0.29, 0.717) is 16.9 Å². The number of pyridine rings is 1. The van der Waals surface area contributed by atoms with Gasteiger partial charge in [-0.1, -0.05) is 18.7 Å². The molecule has 2 amide bonds. The molecule has 0 bridgehead atoms. The van der Waals surface area contributed by atoms with Crippen LogP contribution in [0.2, 0.25) is 0 Å². The highest BCUT2D eigenvalue weighted by atomic mass is 19.4. The van der Waals surface area contributed by atoms with Crippen LogP contribution in [0.5, 0.6) is 5.75 Å². The molecule has 4 N–H and O–H groups in total. The minimum absolute atomic E-state index is 0.0220. The number of nitrogens with two attached hydrogens (primary N) is 1. The molecule has 0 saturated carbocycles. The van der Waals surface area contributed by atoms with Gasteiger partial charge in [0.05, 0.1) is 35.0 Å². The van der Waals surface area contributed by atoms with Crippen molar-refractivity contribution >= 4 is 23.4 Å². The van der Waals surface area contributed by atoms with Gasteiger partial charge in [-0.25, -0.2) is 23.8 Å². The number of hydrogen-bond acceptors (Lipinski definition) is 6. The number of nitrogen functional groups attached to an aromatic ring is 1. The highest BCUT2D eigenvalue weighted by Crippen LogP contribution is 2.33. The number of benzene rings is 2. The van der Waals surface area contributed by atoms with E-state index >= 15 is 0 Å². The first-order chi connectivity index (χ1) is 19.5. The maximum absolute atomic E-state index is 13.5. The van der Waals surface area contributed by atoms with Crippen molar-refractivity contribution in [2.45, 2.75) is 13.1 Å². The normalized spacial score (nSPS) is 12.1. The third-order valence-corrected chi connectivity index (χ3v) is 5.50. The molecule has 2 heterocycles. The Balaban J connectivity index is 1.43. The number of halogens is 4. The summed E-state index contributed by atoms with van der Waals surface area (Å²) in [6.45, 7) is 5.21. The highest BCUT2D eigenvalue weighted by Gasteiger charge is 2.31. The average Bonchev–Trinajstić information content (AvgIpc) is 3.47. The van der Waals surface area contributed by atoms with Crippen LogP contribution in [-0.2, 0) is 6.18 Å². The fourth-order valence-corrected chi connectivity index (χ4v) is 3.58. The van der Waals surface area contributed by atoms with Crippen LogP contribution in [0, 0.1) is 5.82 Å². The zero-order valence-corrected chi connectivity index (χ0v) is 21.5. The van der Waals surface area contributed by atoms with Crippen LogP contribution in [0.4, 0.5) is 33.9 Å². The molecule has 0 aliphatic rings. The fraction of sp³-hybridized carbons (Fsp3) is 0.0714. The van der Waals surface area contributed by atoms with Crippen molar-refractivity contribution in [2.75, 3.05) is 11.1 Å². The average molecular weight is 566 g/mol. The minimum atomic E-state index is -4.58. The molecule has 0 unspecified atom stereocenters. The molecule has 0 aliphatic carbocycles. The Kier molecular flexibility index (Phi) is 8.46. The number of carbonyl (C=O) groups excluding carboxylic acids is 1. The Morgan fingerprint density at radius 1 is 1.17 bits per heavy atom. The van der Waals surface area contributed by atoms with Crippen LogP contribution >= 0.6 is 0 Å². The number of aromatic nitrogens is 3. The van der Waals surface area contributed by atoms with Crippen molar-refractivity contribution in [1.29, 1.82) is 0 Å². The van der Waals surface area contributed by atoms with Crippen molar-refractivity contribution in [1.82, 2.24) is 20.1 Å². The second-order valence-electron chi connectivity index (χ2n) is 8.41. The lowest BCUT2D eigenvalue weighted by Crippen LogP contribution is -2.28. The summed E-state index contributed by atoms with van der Waals surface area (Å²) in [5.74, 6) is 0.329. The van der Waals surface area contributed by atoms with Gasteiger partial charge in [0, 0.05) is 24.9 Å². The first-order valence-corrected chi connectivity index (χ1v) is 11.9. The van der Waals surface area contributed by atoms with E-state index in [1.165, 1.54) is 41.5 Å². The fourth-order valence-electron chi connectivity index (χ4n) is 3.58. The summed E-state index contributed by atoms with van der Waals surface area (Å²) in [6.07, 6.45) is 1.92. The first-order valence-electron chi connectivity index (χ1n) is 11.9. The van der Waals surface area contributed by atoms with Crippen LogP contribution in [-0.4, -0.2) is 26.7 Å². The summed E-state index contributed by atoms with van der Waals surface area (Å²) in [4.78, 5) is 20.6. The summed E-state index contributed by atoms with van der Waals surface area (Å²) in [5, 5.41) is 8.99. The molecule has 2 aromatic carbocycles. The van der Waals surface area contributed by atoms with Gasteiger partial charge >= 0.3 is 12.2 Å². The first kappa shape index (κ1) is 28.5. The third-order valence-electron chi connectivity index (χ3n) is 5.50. The molecule has 9 nitrogen and oxygen atoms in total. The summed E-state index contributed by atoms with van der Waals surface area (Å²) in [6, 6.07) is 11.6. The van der Waals surface area contributed by atoms with Crippen molar-refractivity contribution in [3.63, 3.8) is 0 Å². The van der Waals surface area contributed by atoms with Crippen LogP contribution in [0.3, 0.4) is 0 Å². The number of anilines is 2. The third kappa shape index (κ3) is 7.35. The molecular formula is C28H23F4N7O2. The molecule has 0 saturated heterocycles. The molecule has 0 radical (unpaired) electrons. The van der Waals surface area contributed by atoms with E-state index < -0.39 is 23.6 Å². The number of carbonyl (C=O) groups is 1. The standard InChI is InChI=1S/C28H23F4N7O2/c1-3-21(16-34-17(2)41-22-8-5-18(6-9-22)23-14-20(29)15-35-26(23)33)37-27(40)38-24-10-7-19(28(30,31)32)13-25(24)39-12-4-11-36-39/h3-16H,1H2,2H3,(H2,33,35)(H2,37,38,40)/b21-16+,34-17?. The van der Waals surface area contributed by atoms with Gasteiger partial charge in [0.25, 0.3) is 0 Å². The van der Waals surface area contributed by atoms with Crippen LogP contribution in [0.1, 0.15) is 12.5 Å². The summed E-state index contributed by atoms with van der Waals surface area (Å²) < 4.78 is 60.1. The molecule has 0 atom stereocenters. The molecule has 210 valence electrons. The minimum Gasteiger partial charge on any atom is -0.443 e. The van der Waals surface area contributed by atoms with E-state index in [2.05, 4.69) is 32.3 Å². The van der Waals surface area contributed by atoms with Gasteiger partial charge in [-0.15, -0.1) is 0 Å². The molecule has 41 heavy (non-hydrogen) atoms. The van der Waals surface area contributed by atoms with E-state index in [4.69, 9.17) is 10.5 Å². The number of allylic oxidation sites excluding steroid dienone is 1. The number of nitrogens with one attached hydrogen (secondary N) is 2. The lowest BCUT2D eigenvalue weighted by Gasteiger charge is -2.15. The zero-order chi connectivity index (χ0) is 29.6. The SMILES string of the molecule is C=C/C(=C\N=C(C)Oc1ccc(-c2cc(F)cnc2N)cc1)NC(=O)Nc1ccc(C(F)(F)F)cc1-n1cccn1. The lowest BCUT2D eigenvalue weighted by atomic mass is 10.1. The largest absolute Gasteiger partial charge is 0.443 e. The van der Waals surface area contributed by atoms with Gasteiger partial charge in [-0.05, 0) is 54.1 Å². The lowest BCUT2D eigenvalue weighted by molar-refractivity contribution is -0.137. The predicted molar refractivity (Wildman–Crippen MR) is 147 cm³/mol. The topological polar surface area (TPSA) is 119 Å². The van der Waals surface area contributed by atoms with Gasteiger partial charge in [0.15, 0.2) is 5.90 Å². The van der Waals surface area contributed by atoms with E-state index in [9.17, 15) is 22.4 Å². The summed E-state index contributed by atoms with van der Waals surface area (Å²) >= 11 is 0. The van der Waals surface area contributed by atoms with Gasteiger partial charge in [-0.3, -0.25) is 0 Å². The maximum Gasteiger partial charge on any atom is 0.416 e. The number of amides is 2. The molecule has 0 spiro atoms. The maximum atomic E-state index is 13.5. The van der Waals surface area contributed by atoms with E-state index in [1.807, 2.05) is 0 Å². The van der Waals surface area contributed by atoms with Crippen molar-refractivity contribution in [3.05, 3.63) is 109 Å². The van der Waals surface area contributed by atoms with E-state index in [0.717, 1.165) is 24.4 Å². The van der Waals surface area contributed by atoms with Crippen molar-refractivity contribution in [3.8, 4) is 22.6 Å². The van der Waals surface area contributed by atoms with Gasteiger partial charge < -0.3 is 21.1 Å². The Bertz CT molecular complexity index is 1610. The highest BCUT2D eigenvalue weighted by molar-refractivity contribution is 5.93. The monoisotopic (exact) mass is 565 g/mol. The number of rotatable bonds is 7. The Morgan fingerprint density at radius 3 is 2.59 bits per heavy atom. The quantitative estimate of drug-likeness (QED) is 0.105. The van der Waals surface area contributed by atoms with E-state index in [1.54, 1.807) is 31.2 Å².